The first-order valence-corrected chi connectivity index (χ1v) is 11.8. The van der Waals surface area contributed by atoms with E-state index in [1.165, 1.54) is 30.1 Å². The third-order valence-corrected chi connectivity index (χ3v) is 7.09. The van der Waals surface area contributed by atoms with Crippen molar-refractivity contribution in [1.29, 1.82) is 0 Å². The lowest BCUT2D eigenvalue weighted by Crippen LogP contribution is -2.41. The maximum absolute atomic E-state index is 14.0. The minimum atomic E-state index is -3.96. The van der Waals surface area contributed by atoms with Gasteiger partial charge < -0.3 is 4.90 Å². The van der Waals surface area contributed by atoms with Crippen molar-refractivity contribution in [2.75, 3.05) is 13.6 Å². The normalized spacial score (nSPS) is 11.5. The fraction of sp³-hybridized carbons (Fsp3) is 0.208. The number of hydrogen-bond acceptors (Lipinski definition) is 3. The number of aryl methyl sites for hydroxylation is 1. The predicted octanol–water partition coefficient (Wildman–Crippen LogP) is 4.64. The molecule has 0 aliphatic carbocycles. The zero-order valence-corrected chi connectivity index (χ0v) is 19.4. The fourth-order valence-corrected chi connectivity index (χ4v) is 4.62. The van der Waals surface area contributed by atoms with E-state index in [1.54, 1.807) is 54.6 Å². The van der Waals surface area contributed by atoms with E-state index >= 15 is 0 Å². The Morgan fingerprint density at radius 2 is 1.56 bits per heavy atom. The Hall–Kier alpha value is -2.74. The third-order valence-electron chi connectivity index (χ3n) is 5.03. The molecule has 0 saturated carbocycles. The Labute approximate surface area is 193 Å². The second-order valence-corrected chi connectivity index (χ2v) is 9.93. The number of nitrogens with zero attached hydrogens (tertiary/aromatic N) is 2. The maximum Gasteiger partial charge on any atom is 0.243 e. The molecule has 0 aliphatic heterocycles. The van der Waals surface area contributed by atoms with E-state index in [4.69, 9.17) is 11.6 Å². The predicted molar refractivity (Wildman–Crippen MR) is 123 cm³/mol. The van der Waals surface area contributed by atoms with Crippen LogP contribution in [0.2, 0.25) is 5.02 Å². The number of sulfonamides is 1. The van der Waals surface area contributed by atoms with Gasteiger partial charge >= 0.3 is 0 Å². The molecule has 168 valence electrons. The highest BCUT2D eigenvalue weighted by molar-refractivity contribution is 7.89. The number of amides is 1. The van der Waals surface area contributed by atoms with Crippen LogP contribution in [-0.4, -0.2) is 37.1 Å². The first kappa shape index (κ1) is 23.9. The van der Waals surface area contributed by atoms with E-state index in [-0.39, 0.29) is 24.5 Å². The molecule has 0 aliphatic rings. The minimum absolute atomic E-state index is 0.00728. The summed E-state index contributed by atoms with van der Waals surface area (Å²) in [4.78, 5) is 14.3. The van der Waals surface area contributed by atoms with Crippen molar-refractivity contribution in [3.8, 4) is 0 Å². The standard InChI is InChI=1S/C24H24ClFN2O3S/c1-18-7-13-22(14-8-18)32(30,31)28(15-19-9-11-21(25)12-10-19)17-24(29)27(2)16-20-5-3-4-6-23(20)26/h3-14H,15-17H2,1-2H3. The summed E-state index contributed by atoms with van der Waals surface area (Å²) >= 11 is 5.94. The largest absolute Gasteiger partial charge is 0.340 e. The first-order valence-electron chi connectivity index (χ1n) is 9.95. The topological polar surface area (TPSA) is 57.7 Å². The highest BCUT2D eigenvalue weighted by atomic mass is 35.5. The molecule has 0 atom stereocenters. The maximum atomic E-state index is 14.0. The molecular weight excluding hydrogens is 451 g/mol. The lowest BCUT2D eigenvalue weighted by Gasteiger charge is -2.25. The van der Waals surface area contributed by atoms with Gasteiger partial charge in [0.1, 0.15) is 5.82 Å². The molecule has 0 fully saturated rings. The number of rotatable bonds is 8. The van der Waals surface area contributed by atoms with Crippen LogP contribution in [0.3, 0.4) is 0 Å². The highest BCUT2D eigenvalue weighted by Gasteiger charge is 2.28. The van der Waals surface area contributed by atoms with Crippen LogP contribution in [0.25, 0.3) is 0 Å². The Balaban J connectivity index is 1.86. The summed E-state index contributed by atoms with van der Waals surface area (Å²) in [6, 6.07) is 19.4. The summed E-state index contributed by atoms with van der Waals surface area (Å²) < 4.78 is 41.8. The molecule has 1 amide bonds. The van der Waals surface area contributed by atoms with Crippen molar-refractivity contribution in [3.05, 3.63) is 100 Å². The molecule has 0 heterocycles. The zero-order valence-electron chi connectivity index (χ0n) is 17.8. The van der Waals surface area contributed by atoms with Crippen LogP contribution < -0.4 is 0 Å². The Bertz CT molecular complexity index is 1180. The SMILES string of the molecule is Cc1ccc(S(=O)(=O)N(CC(=O)N(C)Cc2ccccc2F)Cc2ccc(Cl)cc2)cc1. The van der Waals surface area contributed by atoms with Crippen molar-refractivity contribution in [2.24, 2.45) is 0 Å². The van der Waals surface area contributed by atoms with Gasteiger partial charge in [-0.05, 0) is 42.8 Å². The number of halogens is 2. The van der Waals surface area contributed by atoms with E-state index in [0.717, 1.165) is 9.87 Å². The van der Waals surface area contributed by atoms with E-state index in [1.807, 2.05) is 6.92 Å². The van der Waals surface area contributed by atoms with Crippen molar-refractivity contribution < 1.29 is 17.6 Å². The van der Waals surface area contributed by atoms with Crippen LogP contribution in [0.15, 0.2) is 77.7 Å². The van der Waals surface area contributed by atoms with E-state index in [2.05, 4.69) is 0 Å². The summed E-state index contributed by atoms with van der Waals surface area (Å²) in [5, 5.41) is 0.530. The summed E-state index contributed by atoms with van der Waals surface area (Å²) in [5.41, 5.74) is 1.97. The van der Waals surface area contributed by atoms with Crippen LogP contribution in [-0.2, 0) is 27.9 Å². The van der Waals surface area contributed by atoms with E-state index in [0.29, 0.717) is 16.1 Å². The van der Waals surface area contributed by atoms with Crippen molar-refractivity contribution >= 4 is 27.5 Å². The van der Waals surface area contributed by atoms with Gasteiger partial charge in [0.15, 0.2) is 0 Å². The van der Waals surface area contributed by atoms with E-state index in [9.17, 15) is 17.6 Å². The molecule has 3 aromatic carbocycles. The average molecular weight is 475 g/mol. The highest BCUT2D eigenvalue weighted by Crippen LogP contribution is 2.21. The Morgan fingerprint density at radius 1 is 0.938 bits per heavy atom. The van der Waals surface area contributed by atoms with Gasteiger partial charge in [0.2, 0.25) is 15.9 Å². The molecule has 0 spiro atoms. The molecule has 3 aromatic rings. The zero-order chi connectivity index (χ0) is 23.3. The van der Waals surface area contributed by atoms with Gasteiger partial charge in [0.25, 0.3) is 0 Å². The molecule has 5 nitrogen and oxygen atoms in total. The summed E-state index contributed by atoms with van der Waals surface area (Å²) in [6.45, 7) is 1.50. The van der Waals surface area contributed by atoms with Crippen molar-refractivity contribution in [1.82, 2.24) is 9.21 Å². The second-order valence-electron chi connectivity index (χ2n) is 7.55. The quantitative estimate of drug-likeness (QED) is 0.478. The monoisotopic (exact) mass is 474 g/mol. The van der Waals surface area contributed by atoms with E-state index < -0.39 is 21.7 Å². The molecule has 0 bridgehead atoms. The van der Waals surface area contributed by atoms with Gasteiger partial charge in [-0.2, -0.15) is 4.31 Å². The Kier molecular flexibility index (Phi) is 7.66. The van der Waals surface area contributed by atoms with Gasteiger partial charge in [-0.15, -0.1) is 0 Å². The molecule has 8 heteroatoms. The molecule has 0 saturated heterocycles. The molecule has 0 N–H and O–H groups in total. The van der Waals surface area contributed by atoms with Gasteiger partial charge in [-0.25, -0.2) is 12.8 Å². The minimum Gasteiger partial charge on any atom is -0.340 e. The average Bonchev–Trinajstić information content (AvgIpc) is 2.76. The fourth-order valence-electron chi connectivity index (χ4n) is 3.12. The lowest BCUT2D eigenvalue weighted by molar-refractivity contribution is -0.130. The molecule has 32 heavy (non-hydrogen) atoms. The van der Waals surface area contributed by atoms with Crippen LogP contribution in [0.5, 0.6) is 0 Å². The summed E-state index contributed by atoms with van der Waals surface area (Å²) in [5.74, 6) is -0.865. The third kappa shape index (κ3) is 5.94. The number of likely N-dealkylation sites (N-methyl/N-ethyl adjacent to an activating group) is 1. The molecule has 0 aromatic heterocycles. The molecular formula is C24H24ClFN2O3S. The number of hydrogen-bond donors (Lipinski definition) is 0. The van der Waals surface area contributed by atoms with Gasteiger partial charge in [0.05, 0.1) is 11.4 Å². The van der Waals surface area contributed by atoms with Crippen molar-refractivity contribution in [3.63, 3.8) is 0 Å². The van der Waals surface area contributed by atoms with Gasteiger partial charge in [0, 0.05) is 30.7 Å². The van der Waals surface area contributed by atoms with Crippen LogP contribution >= 0.6 is 11.6 Å². The molecule has 0 radical (unpaired) electrons. The van der Waals surface area contributed by atoms with Crippen LogP contribution in [0.1, 0.15) is 16.7 Å². The van der Waals surface area contributed by atoms with Crippen LogP contribution in [0.4, 0.5) is 4.39 Å². The Morgan fingerprint density at radius 3 is 2.19 bits per heavy atom. The van der Waals surface area contributed by atoms with Crippen LogP contribution in [0, 0.1) is 12.7 Å². The lowest BCUT2D eigenvalue weighted by atomic mass is 10.2. The number of carbonyl (C=O) groups excluding carboxylic acids is 1. The summed E-state index contributed by atoms with van der Waals surface area (Å²) in [7, 11) is -2.44. The van der Waals surface area contributed by atoms with Gasteiger partial charge in [-0.1, -0.05) is 59.6 Å². The number of carbonyl (C=O) groups is 1. The molecule has 0 unspecified atom stereocenters. The smallest absolute Gasteiger partial charge is 0.243 e. The molecule has 3 rings (SSSR count). The second kappa shape index (κ2) is 10.3. The van der Waals surface area contributed by atoms with Crippen molar-refractivity contribution in [2.45, 2.75) is 24.9 Å². The number of benzene rings is 3. The first-order chi connectivity index (χ1) is 15.2. The summed E-state index contributed by atoms with van der Waals surface area (Å²) in [6.07, 6.45) is 0. The van der Waals surface area contributed by atoms with Gasteiger partial charge in [-0.3, -0.25) is 4.79 Å².